The molecular formula is C16H15BrClNS. The molecule has 0 atom stereocenters. The first kappa shape index (κ1) is 14.5. The minimum Gasteiger partial charge on any atom is -0.310 e. The molecule has 0 bridgehead atoms. The average Bonchev–Trinajstić information content (AvgIpc) is 3.25. The van der Waals surface area contributed by atoms with Gasteiger partial charge in [-0.1, -0.05) is 57.5 Å². The van der Waals surface area contributed by atoms with E-state index in [0.29, 0.717) is 0 Å². The SMILES string of the molecule is Clc1ccccc1Sc1cc(Br)ccc1CNC1CC1. The molecule has 1 nitrogen and oxygen atoms in total. The molecule has 104 valence electrons. The van der Waals surface area contributed by atoms with Crippen LogP contribution in [0.5, 0.6) is 0 Å². The Kier molecular flexibility index (Phi) is 4.72. The number of hydrogen-bond donors (Lipinski definition) is 1. The van der Waals surface area contributed by atoms with Crippen LogP contribution in [0.1, 0.15) is 18.4 Å². The van der Waals surface area contributed by atoms with Crippen molar-refractivity contribution < 1.29 is 0 Å². The standard InChI is InChI=1S/C16H15BrClNS/c17-12-6-5-11(10-19-13-7-8-13)16(9-12)20-15-4-2-1-3-14(15)18/h1-6,9,13,19H,7-8,10H2. The van der Waals surface area contributed by atoms with Gasteiger partial charge in [-0.2, -0.15) is 0 Å². The van der Waals surface area contributed by atoms with Crippen molar-refractivity contribution in [2.45, 2.75) is 35.2 Å². The lowest BCUT2D eigenvalue weighted by Gasteiger charge is -2.11. The first-order valence-corrected chi connectivity index (χ1v) is 8.65. The van der Waals surface area contributed by atoms with E-state index >= 15 is 0 Å². The van der Waals surface area contributed by atoms with Gasteiger partial charge in [0.25, 0.3) is 0 Å². The number of halogens is 2. The molecule has 0 radical (unpaired) electrons. The Morgan fingerprint density at radius 1 is 1.15 bits per heavy atom. The van der Waals surface area contributed by atoms with Crippen molar-refractivity contribution in [1.82, 2.24) is 5.32 Å². The van der Waals surface area contributed by atoms with Gasteiger partial charge in [-0.3, -0.25) is 0 Å². The predicted octanol–water partition coefficient (Wildman–Crippen LogP) is 5.51. The van der Waals surface area contributed by atoms with Crippen molar-refractivity contribution in [2.24, 2.45) is 0 Å². The lowest BCUT2D eigenvalue weighted by molar-refractivity contribution is 0.680. The zero-order valence-electron chi connectivity index (χ0n) is 10.9. The molecule has 1 N–H and O–H groups in total. The Hall–Kier alpha value is -0.480. The largest absolute Gasteiger partial charge is 0.310 e. The van der Waals surface area contributed by atoms with Crippen molar-refractivity contribution in [3.63, 3.8) is 0 Å². The summed E-state index contributed by atoms with van der Waals surface area (Å²) in [6.45, 7) is 0.921. The van der Waals surface area contributed by atoms with Gasteiger partial charge in [0.15, 0.2) is 0 Å². The van der Waals surface area contributed by atoms with Crippen LogP contribution in [0.4, 0.5) is 0 Å². The monoisotopic (exact) mass is 367 g/mol. The highest BCUT2D eigenvalue weighted by atomic mass is 79.9. The lowest BCUT2D eigenvalue weighted by atomic mass is 10.2. The van der Waals surface area contributed by atoms with Gasteiger partial charge < -0.3 is 5.32 Å². The second-order valence-corrected chi connectivity index (χ2v) is 7.35. The highest BCUT2D eigenvalue weighted by Crippen LogP contribution is 2.36. The number of rotatable bonds is 5. The second-order valence-electron chi connectivity index (χ2n) is 4.94. The van der Waals surface area contributed by atoms with Crippen molar-refractivity contribution >= 4 is 39.3 Å². The highest BCUT2D eigenvalue weighted by molar-refractivity contribution is 9.10. The Labute approximate surface area is 137 Å². The van der Waals surface area contributed by atoms with Crippen LogP contribution in [0, 0.1) is 0 Å². The van der Waals surface area contributed by atoms with Gasteiger partial charge in [-0.25, -0.2) is 0 Å². The van der Waals surface area contributed by atoms with Crippen molar-refractivity contribution in [3.05, 3.63) is 57.5 Å². The van der Waals surface area contributed by atoms with Crippen LogP contribution in [0.2, 0.25) is 5.02 Å². The Balaban J connectivity index is 1.82. The predicted molar refractivity (Wildman–Crippen MR) is 89.6 cm³/mol. The minimum absolute atomic E-state index is 0.719. The summed E-state index contributed by atoms with van der Waals surface area (Å²) < 4.78 is 1.10. The quantitative estimate of drug-likeness (QED) is 0.747. The first-order chi connectivity index (χ1) is 9.72. The third kappa shape index (κ3) is 3.79. The molecule has 0 spiro atoms. The molecule has 1 fully saturated rings. The Morgan fingerprint density at radius 2 is 1.95 bits per heavy atom. The Morgan fingerprint density at radius 3 is 2.70 bits per heavy atom. The van der Waals surface area contributed by atoms with Gasteiger partial charge in [-0.05, 0) is 42.7 Å². The van der Waals surface area contributed by atoms with E-state index in [9.17, 15) is 0 Å². The van der Waals surface area contributed by atoms with Gasteiger partial charge >= 0.3 is 0 Å². The van der Waals surface area contributed by atoms with Crippen molar-refractivity contribution in [1.29, 1.82) is 0 Å². The normalized spacial score (nSPS) is 14.5. The molecule has 0 aliphatic heterocycles. The summed E-state index contributed by atoms with van der Waals surface area (Å²) in [5, 5.41) is 4.38. The fraction of sp³-hybridized carbons (Fsp3) is 0.250. The van der Waals surface area contributed by atoms with E-state index in [1.54, 1.807) is 11.8 Å². The van der Waals surface area contributed by atoms with Crippen LogP contribution < -0.4 is 5.32 Å². The molecule has 3 rings (SSSR count). The van der Waals surface area contributed by atoms with Crippen molar-refractivity contribution in [2.75, 3.05) is 0 Å². The topological polar surface area (TPSA) is 12.0 Å². The summed E-state index contributed by atoms with van der Waals surface area (Å²) in [6, 6.07) is 15.1. The van der Waals surface area contributed by atoms with E-state index < -0.39 is 0 Å². The van der Waals surface area contributed by atoms with Crippen LogP contribution in [0.25, 0.3) is 0 Å². The number of nitrogens with one attached hydrogen (secondary N) is 1. The summed E-state index contributed by atoms with van der Waals surface area (Å²) in [7, 11) is 0. The van der Waals surface area contributed by atoms with E-state index in [-0.39, 0.29) is 0 Å². The van der Waals surface area contributed by atoms with Crippen LogP contribution in [-0.4, -0.2) is 6.04 Å². The molecule has 2 aromatic carbocycles. The molecular weight excluding hydrogens is 354 g/mol. The van der Waals surface area contributed by atoms with Crippen LogP contribution in [-0.2, 0) is 6.54 Å². The van der Waals surface area contributed by atoms with E-state index in [1.807, 2.05) is 18.2 Å². The van der Waals surface area contributed by atoms with Crippen LogP contribution >= 0.6 is 39.3 Å². The molecule has 0 amide bonds. The van der Waals surface area contributed by atoms with Crippen LogP contribution in [0.15, 0.2) is 56.7 Å². The zero-order chi connectivity index (χ0) is 13.9. The van der Waals surface area contributed by atoms with E-state index in [4.69, 9.17) is 11.6 Å². The molecule has 1 aliphatic rings. The van der Waals surface area contributed by atoms with Gasteiger partial charge in [0, 0.05) is 26.9 Å². The van der Waals surface area contributed by atoms with E-state index in [0.717, 1.165) is 27.0 Å². The lowest BCUT2D eigenvalue weighted by Crippen LogP contribution is -2.15. The highest BCUT2D eigenvalue weighted by Gasteiger charge is 2.20. The molecule has 1 saturated carbocycles. The zero-order valence-corrected chi connectivity index (χ0v) is 14.1. The Bertz CT molecular complexity index is 613. The van der Waals surface area contributed by atoms with Gasteiger partial charge in [-0.15, -0.1) is 0 Å². The summed E-state index contributed by atoms with van der Waals surface area (Å²) >= 11 is 11.5. The third-order valence-corrected chi connectivity index (χ3v) is 5.36. The van der Waals surface area contributed by atoms with Crippen molar-refractivity contribution in [3.8, 4) is 0 Å². The first-order valence-electron chi connectivity index (χ1n) is 6.66. The van der Waals surface area contributed by atoms with E-state index in [2.05, 4.69) is 45.5 Å². The molecule has 0 saturated heterocycles. The maximum Gasteiger partial charge on any atom is 0.0545 e. The second kappa shape index (κ2) is 6.52. The van der Waals surface area contributed by atoms with Gasteiger partial charge in [0.05, 0.1) is 5.02 Å². The fourth-order valence-corrected chi connectivity index (χ4v) is 3.73. The number of benzene rings is 2. The van der Waals surface area contributed by atoms with E-state index in [1.165, 1.54) is 23.3 Å². The van der Waals surface area contributed by atoms with Gasteiger partial charge in [0.2, 0.25) is 0 Å². The molecule has 4 heteroatoms. The molecule has 0 aromatic heterocycles. The summed E-state index contributed by atoms with van der Waals surface area (Å²) in [6.07, 6.45) is 2.62. The molecule has 1 aliphatic carbocycles. The maximum absolute atomic E-state index is 6.26. The number of hydrogen-bond acceptors (Lipinski definition) is 2. The summed E-state index contributed by atoms with van der Waals surface area (Å²) in [5.74, 6) is 0. The summed E-state index contributed by atoms with van der Waals surface area (Å²) in [4.78, 5) is 2.35. The molecule has 2 aromatic rings. The smallest absolute Gasteiger partial charge is 0.0545 e. The van der Waals surface area contributed by atoms with Crippen LogP contribution in [0.3, 0.4) is 0 Å². The summed E-state index contributed by atoms with van der Waals surface area (Å²) in [5.41, 5.74) is 1.32. The third-order valence-electron chi connectivity index (χ3n) is 3.24. The molecule has 0 unspecified atom stereocenters. The van der Waals surface area contributed by atoms with Gasteiger partial charge in [0.1, 0.15) is 0 Å². The molecule has 20 heavy (non-hydrogen) atoms. The maximum atomic E-state index is 6.26. The average molecular weight is 369 g/mol. The fourth-order valence-electron chi connectivity index (χ4n) is 1.96. The minimum atomic E-state index is 0.719. The molecule has 0 heterocycles.